The smallest absolute Gasteiger partial charge is 0.407 e. The first-order chi connectivity index (χ1) is 19.8. The lowest BCUT2D eigenvalue weighted by Crippen LogP contribution is -2.32. The van der Waals surface area contributed by atoms with Gasteiger partial charge in [-0.3, -0.25) is 9.78 Å². The van der Waals surface area contributed by atoms with Gasteiger partial charge in [0.05, 0.1) is 19.1 Å². The van der Waals surface area contributed by atoms with Crippen molar-refractivity contribution in [2.75, 3.05) is 12.4 Å². The van der Waals surface area contributed by atoms with Gasteiger partial charge >= 0.3 is 12.1 Å². The van der Waals surface area contributed by atoms with Crippen molar-refractivity contribution in [2.45, 2.75) is 73.1 Å². The Hall–Kier alpha value is -4.24. The average molecular weight is 575 g/mol. The number of aryl methyl sites for hydroxylation is 1. The summed E-state index contributed by atoms with van der Waals surface area (Å²) in [6.45, 7) is 12.2. The van der Waals surface area contributed by atoms with E-state index in [1.807, 2.05) is 52.0 Å². The van der Waals surface area contributed by atoms with Gasteiger partial charge in [-0.05, 0) is 86.6 Å². The van der Waals surface area contributed by atoms with Gasteiger partial charge in [0.1, 0.15) is 5.60 Å². The molecule has 42 heavy (non-hydrogen) atoms. The Balaban J connectivity index is 2.06. The maximum absolute atomic E-state index is 13.4. The summed E-state index contributed by atoms with van der Waals surface area (Å²) in [6.07, 6.45) is 0.212. The van der Waals surface area contributed by atoms with Gasteiger partial charge < -0.3 is 25.8 Å². The summed E-state index contributed by atoms with van der Waals surface area (Å²) in [6, 6.07) is 14.4. The third-order valence-corrected chi connectivity index (χ3v) is 6.51. The first-order valence-corrected chi connectivity index (χ1v) is 14.1. The molecule has 1 heterocycles. The minimum Gasteiger partial charge on any atom is -0.465 e. The number of aromatic nitrogens is 1. The lowest BCUT2D eigenvalue weighted by Gasteiger charge is -2.23. The molecular weight excluding hydrogens is 532 g/mol. The minimum atomic E-state index is -0.643. The van der Waals surface area contributed by atoms with Gasteiger partial charge in [-0.1, -0.05) is 38.1 Å². The standard InChI is InChI=1S/C33H42N4O5/c1-20(2)16-28-27(19-35-32(40)42-33(4,5)6)30(23-10-8-22(18-34)9-11-23)26(21(3)36-28)17-29(38)37-25-14-12-24(13-15-25)31(39)41-7/h8-15,20H,16-19,34H2,1-7H3,(H,35,40)(H,37,38). The molecule has 0 spiro atoms. The lowest BCUT2D eigenvalue weighted by atomic mass is 9.88. The maximum atomic E-state index is 13.4. The number of benzene rings is 2. The molecule has 0 unspecified atom stereocenters. The SMILES string of the molecule is COC(=O)c1ccc(NC(=O)Cc2c(C)nc(CC(C)C)c(CNC(=O)OC(C)(C)C)c2-c2ccc(CN)cc2)cc1. The summed E-state index contributed by atoms with van der Waals surface area (Å²) < 4.78 is 10.2. The van der Waals surface area contributed by atoms with Crippen molar-refractivity contribution in [3.63, 3.8) is 0 Å². The van der Waals surface area contributed by atoms with Gasteiger partial charge in [0.25, 0.3) is 0 Å². The quantitative estimate of drug-likeness (QED) is 0.264. The normalized spacial score (nSPS) is 11.3. The first kappa shape index (κ1) is 32.3. The van der Waals surface area contributed by atoms with Gasteiger partial charge in [0, 0.05) is 35.7 Å². The highest BCUT2D eigenvalue weighted by Gasteiger charge is 2.23. The van der Waals surface area contributed by atoms with Crippen molar-refractivity contribution in [1.29, 1.82) is 0 Å². The zero-order valence-corrected chi connectivity index (χ0v) is 25.6. The van der Waals surface area contributed by atoms with Crippen molar-refractivity contribution in [1.82, 2.24) is 10.3 Å². The van der Waals surface area contributed by atoms with Crippen LogP contribution in [0.5, 0.6) is 0 Å². The van der Waals surface area contributed by atoms with Crippen molar-refractivity contribution in [2.24, 2.45) is 11.7 Å². The van der Waals surface area contributed by atoms with E-state index in [1.54, 1.807) is 24.3 Å². The van der Waals surface area contributed by atoms with Crippen LogP contribution in [0.4, 0.5) is 10.5 Å². The highest BCUT2D eigenvalue weighted by Crippen LogP contribution is 2.33. The summed E-state index contributed by atoms with van der Waals surface area (Å²) in [4.78, 5) is 42.7. The van der Waals surface area contributed by atoms with E-state index in [4.69, 9.17) is 20.2 Å². The van der Waals surface area contributed by atoms with Crippen molar-refractivity contribution in [3.05, 3.63) is 82.2 Å². The molecule has 1 aromatic heterocycles. The van der Waals surface area contributed by atoms with Crippen LogP contribution in [0.2, 0.25) is 0 Å². The summed E-state index contributed by atoms with van der Waals surface area (Å²) >= 11 is 0. The number of nitrogens with zero attached hydrogens (tertiary/aromatic N) is 1. The third-order valence-electron chi connectivity index (χ3n) is 6.51. The van der Waals surface area contributed by atoms with Gasteiger partial charge in [-0.15, -0.1) is 0 Å². The second kappa shape index (κ2) is 14.1. The zero-order valence-electron chi connectivity index (χ0n) is 25.6. The fraction of sp³-hybridized carbons (Fsp3) is 0.394. The maximum Gasteiger partial charge on any atom is 0.407 e. The van der Waals surface area contributed by atoms with Crippen LogP contribution in [-0.2, 0) is 40.2 Å². The molecule has 0 aliphatic heterocycles. The number of nitrogens with one attached hydrogen (secondary N) is 2. The summed E-state index contributed by atoms with van der Waals surface area (Å²) in [5, 5.41) is 5.82. The predicted octanol–water partition coefficient (Wildman–Crippen LogP) is 5.71. The topological polar surface area (TPSA) is 133 Å². The first-order valence-electron chi connectivity index (χ1n) is 14.1. The lowest BCUT2D eigenvalue weighted by molar-refractivity contribution is -0.115. The van der Waals surface area contributed by atoms with Crippen LogP contribution in [0, 0.1) is 12.8 Å². The largest absolute Gasteiger partial charge is 0.465 e. The predicted molar refractivity (Wildman–Crippen MR) is 164 cm³/mol. The zero-order chi connectivity index (χ0) is 31.0. The van der Waals surface area contributed by atoms with Crippen LogP contribution in [0.15, 0.2) is 48.5 Å². The molecule has 0 saturated heterocycles. The molecule has 224 valence electrons. The van der Waals surface area contributed by atoms with Gasteiger partial charge in [-0.2, -0.15) is 0 Å². The fourth-order valence-corrected chi connectivity index (χ4v) is 4.61. The molecule has 0 aliphatic carbocycles. The van der Waals surface area contributed by atoms with E-state index in [2.05, 4.69) is 24.5 Å². The van der Waals surface area contributed by atoms with Crippen LogP contribution in [0.25, 0.3) is 11.1 Å². The van der Waals surface area contributed by atoms with E-state index in [1.165, 1.54) is 7.11 Å². The number of carbonyl (C=O) groups excluding carboxylic acids is 3. The number of anilines is 1. The molecule has 0 saturated carbocycles. The fourth-order valence-electron chi connectivity index (χ4n) is 4.61. The molecule has 9 nitrogen and oxygen atoms in total. The van der Waals surface area contributed by atoms with Crippen molar-refractivity contribution < 1.29 is 23.9 Å². The summed E-state index contributed by atoms with van der Waals surface area (Å²) in [5.74, 6) is -0.381. The molecule has 0 atom stereocenters. The number of ether oxygens (including phenoxy) is 2. The van der Waals surface area contributed by atoms with Crippen LogP contribution < -0.4 is 16.4 Å². The molecule has 0 aliphatic rings. The van der Waals surface area contributed by atoms with Gasteiger partial charge in [0.15, 0.2) is 0 Å². The number of esters is 1. The average Bonchev–Trinajstić information content (AvgIpc) is 2.92. The molecule has 0 radical (unpaired) electrons. The molecule has 9 heteroatoms. The second-order valence-electron chi connectivity index (χ2n) is 11.6. The number of pyridine rings is 1. The minimum absolute atomic E-state index is 0.0486. The Kier molecular flexibility index (Phi) is 10.8. The number of rotatable bonds is 10. The third kappa shape index (κ3) is 8.88. The van der Waals surface area contributed by atoms with E-state index < -0.39 is 17.7 Å². The Morgan fingerprint density at radius 2 is 1.62 bits per heavy atom. The number of methoxy groups -OCH3 is 1. The molecule has 0 fully saturated rings. The van der Waals surface area contributed by atoms with Crippen molar-refractivity contribution in [3.8, 4) is 11.1 Å². The Morgan fingerprint density at radius 1 is 0.976 bits per heavy atom. The van der Waals surface area contributed by atoms with Crippen LogP contribution in [0.3, 0.4) is 0 Å². The monoisotopic (exact) mass is 574 g/mol. The van der Waals surface area contributed by atoms with Crippen LogP contribution >= 0.6 is 0 Å². The van der Waals surface area contributed by atoms with E-state index >= 15 is 0 Å². The van der Waals surface area contributed by atoms with Gasteiger partial charge in [0.2, 0.25) is 5.91 Å². The molecule has 2 aromatic carbocycles. The highest BCUT2D eigenvalue weighted by molar-refractivity contribution is 5.95. The highest BCUT2D eigenvalue weighted by atomic mass is 16.6. The number of carbonyl (C=O) groups is 3. The Bertz CT molecular complexity index is 1410. The number of hydrogen-bond acceptors (Lipinski definition) is 7. The van der Waals surface area contributed by atoms with E-state index in [0.29, 0.717) is 30.1 Å². The molecular formula is C33H42N4O5. The summed E-state index contributed by atoms with van der Waals surface area (Å²) in [5.41, 5.74) is 12.1. The van der Waals surface area contributed by atoms with Crippen LogP contribution in [-0.4, -0.2) is 35.7 Å². The number of nitrogens with two attached hydrogens (primary N) is 1. The Labute approximate surface area is 248 Å². The van der Waals surface area contributed by atoms with Crippen LogP contribution in [0.1, 0.15) is 73.1 Å². The van der Waals surface area contributed by atoms with E-state index in [9.17, 15) is 14.4 Å². The molecule has 4 N–H and O–H groups in total. The van der Waals surface area contributed by atoms with Gasteiger partial charge in [-0.25, -0.2) is 9.59 Å². The number of hydrogen-bond donors (Lipinski definition) is 3. The molecule has 3 aromatic rings. The number of amides is 2. The summed E-state index contributed by atoms with van der Waals surface area (Å²) in [7, 11) is 1.32. The molecule has 3 rings (SSSR count). The second-order valence-corrected chi connectivity index (χ2v) is 11.6. The van der Waals surface area contributed by atoms with E-state index in [0.717, 1.165) is 39.2 Å². The van der Waals surface area contributed by atoms with Crippen molar-refractivity contribution >= 4 is 23.7 Å². The number of alkyl carbamates (subject to hydrolysis) is 1. The molecule has 0 bridgehead atoms. The Morgan fingerprint density at radius 3 is 2.17 bits per heavy atom. The molecule has 2 amide bonds. The van der Waals surface area contributed by atoms with E-state index in [-0.39, 0.29) is 18.9 Å².